The van der Waals surface area contributed by atoms with Crippen molar-refractivity contribution in [2.24, 2.45) is 23.0 Å². The van der Waals surface area contributed by atoms with E-state index in [0.29, 0.717) is 22.5 Å². The topological polar surface area (TPSA) is 289 Å². The Morgan fingerprint density at radius 2 is 1.32 bits per heavy atom. The molecule has 20 nitrogen and oxygen atoms in total. The number of hydrogen-bond donors (Lipinski definition) is 9. The summed E-state index contributed by atoms with van der Waals surface area (Å²) in [6.45, 7) is 18.1. The number of ether oxygens (including phenoxy) is 2. The highest BCUT2D eigenvalue weighted by molar-refractivity contribution is 5.98. The van der Waals surface area contributed by atoms with Gasteiger partial charge in [-0.2, -0.15) is 0 Å². The van der Waals surface area contributed by atoms with Gasteiger partial charge in [-0.1, -0.05) is 141 Å². The molecule has 0 aliphatic heterocycles. The van der Waals surface area contributed by atoms with E-state index in [1.54, 1.807) is 76.5 Å². The molecule has 0 saturated carbocycles. The van der Waals surface area contributed by atoms with Crippen molar-refractivity contribution in [3.63, 3.8) is 0 Å². The van der Waals surface area contributed by atoms with Crippen LogP contribution in [0.2, 0.25) is 0 Å². The van der Waals surface area contributed by atoms with Crippen LogP contribution in [0.1, 0.15) is 110 Å². The number of hydrogen-bond acceptors (Lipinski definition) is 11. The first kappa shape index (κ1) is 63.6. The molecule has 10 N–H and O–H groups in total. The van der Waals surface area contributed by atoms with E-state index in [-0.39, 0.29) is 55.9 Å². The summed E-state index contributed by atoms with van der Waals surface area (Å²) >= 11 is 0. The van der Waals surface area contributed by atoms with Crippen molar-refractivity contribution in [1.29, 1.82) is 0 Å². The fourth-order valence-electron chi connectivity index (χ4n) is 9.85. The summed E-state index contributed by atoms with van der Waals surface area (Å²) < 4.78 is 11.3. The lowest BCUT2D eigenvalue weighted by Gasteiger charge is -2.40. The molecule has 1 aliphatic carbocycles. The zero-order valence-corrected chi connectivity index (χ0v) is 48.5. The number of nitrogens with two attached hydrogens (primary N) is 1. The van der Waals surface area contributed by atoms with Crippen molar-refractivity contribution in [2.75, 3.05) is 37.9 Å². The number of likely N-dealkylation sites (N-methyl/N-ethyl adjacent to an activating group) is 2. The largest absolute Gasteiger partial charge is 0.478 e. The Bertz CT molecular complexity index is 2890. The lowest BCUT2D eigenvalue weighted by molar-refractivity contribution is -0.141. The Morgan fingerprint density at radius 3 is 1.88 bits per heavy atom. The Kier molecular flexibility index (Phi) is 22.2. The van der Waals surface area contributed by atoms with Gasteiger partial charge < -0.3 is 57.1 Å². The molecule has 0 heterocycles. The summed E-state index contributed by atoms with van der Waals surface area (Å²) in [5, 5.41) is 29.2. The van der Waals surface area contributed by atoms with Crippen molar-refractivity contribution in [2.45, 2.75) is 130 Å². The monoisotopic (exact) mass is 1120 g/mol. The normalized spacial score (nSPS) is 14.2. The van der Waals surface area contributed by atoms with Crippen LogP contribution in [-0.2, 0) is 45.5 Å². The Balaban J connectivity index is 1.18. The molecule has 0 bridgehead atoms. The summed E-state index contributed by atoms with van der Waals surface area (Å²) in [6.07, 6.45) is 0.386. The summed E-state index contributed by atoms with van der Waals surface area (Å²) in [6, 6.07) is 24.1. The third-order valence-electron chi connectivity index (χ3n) is 14.5. The number of fused-ring (bicyclic) bond motifs is 3. The molecule has 436 valence electrons. The van der Waals surface area contributed by atoms with Gasteiger partial charge in [-0.25, -0.2) is 19.2 Å². The van der Waals surface area contributed by atoms with Gasteiger partial charge in [0.1, 0.15) is 31.3 Å². The first-order valence-corrected chi connectivity index (χ1v) is 27.2. The van der Waals surface area contributed by atoms with Crippen LogP contribution >= 0.6 is 0 Å². The fourth-order valence-corrected chi connectivity index (χ4v) is 9.85. The highest BCUT2D eigenvalue weighted by Gasteiger charge is 2.42. The molecule has 1 aliphatic rings. The first-order chi connectivity index (χ1) is 38.1. The molecule has 0 saturated heterocycles. The van der Waals surface area contributed by atoms with Crippen LogP contribution in [-0.4, -0.2) is 115 Å². The molecule has 0 radical (unpaired) electrons. The number of alkyl carbamates (subject to hydrolysis) is 1. The van der Waals surface area contributed by atoms with Crippen LogP contribution in [0.15, 0.2) is 109 Å². The number of nitrogens with one attached hydrogen (secondary N) is 7. The van der Waals surface area contributed by atoms with Crippen molar-refractivity contribution in [3.8, 4) is 11.1 Å². The second-order valence-electron chi connectivity index (χ2n) is 22.7. The molecule has 20 heteroatoms. The minimum atomic E-state index is -1.09. The SMILES string of the molecule is CN[C@@H](C(=O)N[C@H](C(=O)N(C)[C@H](/C=C(\C)C(=O)O)C(C)C)C(C)(C)C)C(C)(C)c1cccc(NC(=O)OCc2ccc(NC(=O)[C@H](CCCNC(N)=O)NC(=O)[C@@H](NC(=O)OCC3c4ccccc4-c4ccccc43)C(C)C)cc2)c1. The molecule has 4 aromatic carbocycles. The number of carboxylic acids is 1. The highest BCUT2D eigenvalue weighted by Crippen LogP contribution is 2.44. The predicted octanol–water partition coefficient (Wildman–Crippen LogP) is 7.78. The Labute approximate surface area is 475 Å². The van der Waals surface area contributed by atoms with Gasteiger partial charge in [-0.3, -0.25) is 24.5 Å². The standard InChI is InChI=1S/C61H81N9O11/c1-35(2)48(31-37(5)56(75)76)70(12)55(74)51(60(6,7)8)69-54(73)50(63-11)61(9,10)39-19-17-20-41(32-39)66-58(78)80-33-38-26-28-40(29-27-38)65-52(71)47(25-18-30-64-57(62)77)67-53(72)49(36(3)4)68-59(79)81-34-46-44-23-15-13-21-42(44)43-22-14-16-24-45(43)46/h13-17,19-24,26-29,31-32,35-36,46-51,63H,18,25,30,33-34H2,1-12H3,(H,65,71)(H,66,78)(H,67,72)(H,68,79)(H,69,73)(H,75,76)(H3,62,64,77)/b37-31+/t47-,48+,49-,50-,51+/m0/s1. The maximum atomic E-state index is 14.2. The van der Waals surface area contributed by atoms with Crippen molar-refractivity contribution < 1.29 is 52.9 Å². The molecule has 0 spiro atoms. The number of carboxylic acid groups (broad SMARTS) is 1. The van der Waals surface area contributed by atoms with E-state index >= 15 is 0 Å². The molecule has 5 atom stereocenters. The van der Waals surface area contributed by atoms with Gasteiger partial charge in [0.05, 0.1) is 12.1 Å². The van der Waals surface area contributed by atoms with E-state index in [1.165, 1.54) is 11.8 Å². The van der Waals surface area contributed by atoms with E-state index in [0.717, 1.165) is 22.3 Å². The number of carbonyl (C=O) groups is 8. The molecule has 4 aromatic rings. The zero-order valence-electron chi connectivity index (χ0n) is 48.5. The number of aliphatic carboxylic acids is 1. The molecule has 81 heavy (non-hydrogen) atoms. The predicted molar refractivity (Wildman–Crippen MR) is 311 cm³/mol. The van der Waals surface area contributed by atoms with E-state index in [9.17, 15) is 43.5 Å². The quantitative estimate of drug-likeness (QED) is 0.0227. The lowest BCUT2D eigenvalue weighted by atomic mass is 9.76. The van der Waals surface area contributed by atoms with Gasteiger partial charge in [-0.05, 0) is 102 Å². The van der Waals surface area contributed by atoms with Crippen molar-refractivity contribution in [1.82, 2.24) is 31.5 Å². The molecule has 0 fully saturated rings. The summed E-state index contributed by atoms with van der Waals surface area (Å²) in [4.78, 5) is 107. The van der Waals surface area contributed by atoms with Crippen LogP contribution in [0.4, 0.5) is 25.8 Å². The average molecular weight is 1120 g/mol. The second kappa shape index (κ2) is 28.2. The average Bonchev–Trinajstić information content (AvgIpc) is 3.73. The van der Waals surface area contributed by atoms with Gasteiger partial charge in [-0.15, -0.1) is 0 Å². The van der Waals surface area contributed by atoms with Crippen LogP contribution in [0.5, 0.6) is 0 Å². The Hall–Kier alpha value is -8.26. The molecular formula is C61H81N9O11. The van der Waals surface area contributed by atoms with Gasteiger partial charge in [0, 0.05) is 41.9 Å². The van der Waals surface area contributed by atoms with Crippen LogP contribution in [0.25, 0.3) is 11.1 Å². The summed E-state index contributed by atoms with van der Waals surface area (Å²) in [7, 11) is 3.25. The molecule has 0 unspecified atom stereocenters. The highest BCUT2D eigenvalue weighted by atomic mass is 16.6. The first-order valence-electron chi connectivity index (χ1n) is 27.2. The molecular weight excluding hydrogens is 1030 g/mol. The van der Waals surface area contributed by atoms with Crippen molar-refractivity contribution >= 4 is 59.2 Å². The number of benzene rings is 4. The minimum absolute atomic E-state index is 0.0448. The number of amides is 8. The number of primary amides is 1. The maximum Gasteiger partial charge on any atom is 0.411 e. The maximum absolute atomic E-state index is 14.2. The van der Waals surface area contributed by atoms with Gasteiger partial charge >= 0.3 is 24.2 Å². The third-order valence-corrected chi connectivity index (χ3v) is 14.5. The van der Waals surface area contributed by atoms with E-state index in [1.807, 2.05) is 103 Å². The fraction of sp³-hybridized carbons (Fsp3) is 0.443. The summed E-state index contributed by atoms with van der Waals surface area (Å²) in [5.41, 5.74) is 10.0. The zero-order chi connectivity index (χ0) is 59.9. The van der Waals surface area contributed by atoms with Gasteiger partial charge in [0.2, 0.25) is 23.6 Å². The number of anilines is 2. The van der Waals surface area contributed by atoms with Gasteiger partial charge in [0.25, 0.3) is 0 Å². The van der Waals surface area contributed by atoms with Crippen LogP contribution < -0.4 is 43.0 Å². The Morgan fingerprint density at radius 1 is 0.704 bits per heavy atom. The number of carbonyl (C=O) groups excluding carboxylic acids is 7. The molecule has 8 amide bonds. The lowest BCUT2D eigenvalue weighted by Crippen LogP contribution is -2.61. The number of urea groups is 1. The third kappa shape index (κ3) is 17.1. The smallest absolute Gasteiger partial charge is 0.411 e. The summed E-state index contributed by atoms with van der Waals surface area (Å²) in [5.74, 6) is -3.78. The van der Waals surface area contributed by atoms with Crippen molar-refractivity contribution in [3.05, 3.63) is 131 Å². The minimum Gasteiger partial charge on any atom is -0.478 e. The second-order valence-corrected chi connectivity index (χ2v) is 22.7. The van der Waals surface area contributed by atoms with E-state index < -0.39 is 88.9 Å². The number of nitrogens with zero attached hydrogens (tertiary/aromatic N) is 1. The molecule has 5 rings (SSSR count). The number of rotatable bonds is 25. The van der Waals surface area contributed by atoms with E-state index in [2.05, 4.69) is 37.2 Å². The molecule has 0 aromatic heterocycles. The van der Waals surface area contributed by atoms with E-state index in [4.69, 9.17) is 15.2 Å². The van der Waals surface area contributed by atoms with Crippen LogP contribution in [0.3, 0.4) is 0 Å². The van der Waals surface area contributed by atoms with Crippen LogP contribution in [0, 0.1) is 17.3 Å². The van der Waals surface area contributed by atoms with Gasteiger partial charge in [0.15, 0.2) is 0 Å².